The number of nitrogens with one attached hydrogen (secondary N) is 1. The second-order valence-electron chi connectivity index (χ2n) is 5.38. The lowest BCUT2D eigenvalue weighted by Crippen LogP contribution is -2.51. The average molecular weight is 307 g/mol. The highest BCUT2D eigenvalue weighted by atomic mass is 16.5. The van der Waals surface area contributed by atoms with Gasteiger partial charge in [-0.25, -0.2) is 9.59 Å². The lowest BCUT2D eigenvalue weighted by atomic mass is 10.3. The Hall–Kier alpha value is -2.44. The molecule has 1 aliphatic heterocycles. The Kier molecular flexibility index (Phi) is 5.08. The number of carboxylic acid groups (broad SMARTS) is 1. The Labute approximate surface area is 129 Å². The molecule has 0 bridgehead atoms. The van der Waals surface area contributed by atoms with Gasteiger partial charge in [-0.2, -0.15) is 0 Å². The van der Waals surface area contributed by atoms with Crippen LogP contribution in [-0.2, 0) is 0 Å². The normalized spacial score (nSPS) is 14.9. The third-order valence-electron chi connectivity index (χ3n) is 3.31. The second-order valence-corrected chi connectivity index (χ2v) is 5.38. The Morgan fingerprint density at radius 3 is 2.14 bits per heavy atom. The van der Waals surface area contributed by atoms with E-state index in [9.17, 15) is 9.59 Å². The summed E-state index contributed by atoms with van der Waals surface area (Å²) in [6, 6.07) is 6.95. The van der Waals surface area contributed by atoms with Gasteiger partial charge in [0.05, 0.1) is 6.10 Å². The van der Waals surface area contributed by atoms with Crippen LogP contribution in [0.5, 0.6) is 5.75 Å². The molecule has 3 amide bonds. The van der Waals surface area contributed by atoms with Crippen LogP contribution in [0.2, 0.25) is 0 Å². The third kappa shape index (κ3) is 4.28. The Bertz CT molecular complexity index is 522. The quantitative estimate of drug-likeness (QED) is 0.897. The van der Waals surface area contributed by atoms with E-state index in [2.05, 4.69) is 5.32 Å². The SMILES string of the molecule is CC(C)Oc1ccc(NC(=O)N2CCN(C(=O)O)CC2)cc1. The van der Waals surface area contributed by atoms with Gasteiger partial charge in [0.1, 0.15) is 5.75 Å². The van der Waals surface area contributed by atoms with Gasteiger partial charge in [0.2, 0.25) is 0 Å². The Morgan fingerprint density at radius 1 is 1.09 bits per heavy atom. The van der Waals surface area contributed by atoms with E-state index in [1.54, 1.807) is 29.2 Å². The minimum atomic E-state index is -0.944. The number of hydrogen-bond acceptors (Lipinski definition) is 3. The largest absolute Gasteiger partial charge is 0.491 e. The summed E-state index contributed by atoms with van der Waals surface area (Å²) in [5.41, 5.74) is 0.682. The fourth-order valence-corrected chi connectivity index (χ4v) is 2.19. The highest BCUT2D eigenvalue weighted by molar-refractivity contribution is 5.89. The molecule has 2 rings (SSSR count). The first-order valence-corrected chi connectivity index (χ1v) is 7.26. The van der Waals surface area contributed by atoms with Gasteiger partial charge in [-0.05, 0) is 38.1 Å². The maximum absolute atomic E-state index is 12.1. The number of amides is 3. The number of carbonyl (C=O) groups is 2. The van der Waals surface area contributed by atoms with Crippen molar-refractivity contribution < 1.29 is 19.4 Å². The summed E-state index contributed by atoms with van der Waals surface area (Å²) in [5.74, 6) is 0.753. The number of hydrogen-bond donors (Lipinski definition) is 2. The van der Waals surface area contributed by atoms with Crippen molar-refractivity contribution in [2.75, 3.05) is 31.5 Å². The summed E-state index contributed by atoms with van der Waals surface area (Å²) < 4.78 is 5.54. The van der Waals surface area contributed by atoms with Gasteiger partial charge in [0, 0.05) is 31.9 Å². The predicted octanol–water partition coefficient (Wildman–Crippen LogP) is 2.30. The highest BCUT2D eigenvalue weighted by Gasteiger charge is 2.23. The van der Waals surface area contributed by atoms with Crippen molar-refractivity contribution >= 4 is 17.8 Å². The van der Waals surface area contributed by atoms with Crippen molar-refractivity contribution in [3.05, 3.63) is 24.3 Å². The summed E-state index contributed by atoms with van der Waals surface area (Å²) in [7, 11) is 0. The molecule has 1 aromatic carbocycles. The topological polar surface area (TPSA) is 82.1 Å². The number of urea groups is 1. The molecule has 0 unspecified atom stereocenters. The first-order valence-electron chi connectivity index (χ1n) is 7.26. The summed E-state index contributed by atoms with van der Waals surface area (Å²) in [5, 5.41) is 11.7. The zero-order chi connectivity index (χ0) is 16.1. The van der Waals surface area contributed by atoms with Crippen LogP contribution in [0.15, 0.2) is 24.3 Å². The number of nitrogens with zero attached hydrogens (tertiary/aromatic N) is 2. The van der Waals surface area contributed by atoms with Crippen molar-refractivity contribution in [2.24, 2.45) is 0 Å². The maximum atomic E-state index is 12.1. The highest BCUT2D eigenvalue weighted by Crippen LogP contribution is 2.17. The molecule has 1 fully saturated rings. The molecular formula is C15H21N3O4. The van der Waals surface area contributed by atoms with E-state index in [-0.39, 0.29) is 12.1 Å². The molecule has 0 aliphatic carbocycles. The molecule has 7 heteroatoms. The molecule has 1 aromatic rings. The molecular weight excluding hydrogens is 286 g/mol. The first-order chi connectivity index (χ1) is 10.5. The summed E-state index contributed by atoms with van der Waals surface area (Å²) in [6.07, 6.45) is -0.841. The standard InChI is InChI=1S/C15H21N3O4/c1-11(2)22-13-5-3-12(4-6-13)16-14(19)17-7-9-18(10-8-17)15(20)21/h3-6,11H,7-10H2,1-2H3,(H,16,19)(H,20,21). The van der Waals surface area contributed by atoms with Crippen LogP contribution in [0.25, 0.3) is 0 Å². The van der Waals surface area contributed by atoms with Gasteiger partial charge in [0.15, 0.2) is 0 Å². The van der Waals surface area contributed by atoms with Gasteiger partial charge >= 0.3 is 12.1 Å². The molecule has 1 aliphatic rings. The zero-order valence-corrected chi connectivity index (χ0v) is 12.8. The van der Waals surface area contributed by atoms with E-state index in [1.165, 1.54) is 4.90 Å². The van der Waals surface area contributed by atoms with Crippen LogP contribution in [0.1, 0.15) is 13.8 Å². The Morgan fingerprint density at radius 2 is 1.64 bits per heavy atom. The first kappa shape index (κ1) is 15.9. The van der Waals surface area contributed by atoms with Crippen LogP contribution in [-0.4, -0.2) is 59.3 Å². The number of benzene rings is 1. The number of anilines is 1. The fraction of sp³-hybridized carbons (Fsp3) is 0.467. The molecule has 0 atom stereocenters. The van der Waals surface area contributed by atoms with Crippen molar-refractivity contribution in [2.45, 2.75) is 20.0 Å². The van der Waals surface area contributed by atoms with E-state index in [4.69, 9.17) is 9.84 Å². The van der Waals surface area contributed by atoms with E-state index in [0.29, 0.717) is 31.9 Å². The molecule has 0 saturated carbocycles. The van der Waals surface area contributed by atoms with Crippen molar-refractivity contribution in [1.82, 2.24) is 9.80 Å². The lowest BCUT2D eigenvalue weighted by molar-refractivity contribution is 0.115. The van der Waals surface area contributed by atoms with Crippen molar-refractivity contribution in [3.63, 3.8) is 0 Å². The summed E-state index contributed by atoms with van der Waals surface area (Å²) >= 11 is 0. The Balaban J connectivity index is 1.86. The van der Waals surface area contributed by atoms with Crippen LogP contribution in [0.3, 0.4) is 0 Å². The van der Waals surface area contributed by atoms with E-state index >= 15 is 0 Å². The van der Waals surface area contributed by atoms with Gasteiger partial charge in [-0.1, -0.05) is 0 Å². The lowest BCUT2D eigenvalue weighted by Gasteiger charge is -2.33. The van der Waals surface area contributed by atoms with Crippen LogP contribution >= 0.6 is 0 Å². The predicted molar refractivity (Wildman–Crippen MR) is 82.4 cm³/mol. The number of ether oxygens (including phenoxy) is 1. The molecule has 0 spiro atoms. The summed E-state index contributed by atoms with van der Waals surface area (Å²) in [6.45, 7) is 5.37. The molecule has 1 heterocycles. The molecule has 0 aromatic heterocycles. The van der Waals surface area contributed by atoms with Crippen LogP contribution in [0, 0.1) is 0 Å². The van der Waals surface area contributed by atoms with Gasteiger partial charge in [0.25, 0.3) is 0 Å². The second kappa shape index (κ2) is 7.02. The van der Waals surface area contributed by atoms with Gasteiger partial charge in [-0.3, -0.25) is 0 Å². The monoisotopic (exact) mass is 307 g/mol. The maximum Gasteiger partial charge on any atom is 0.407 e. The third-order valence-corrected chi connectivity index (χ3v) is 3.31. The number of rotatable bonds is 3. The fourth-order valence-electron chi connectivity index (χ4n) is 2.19. The minimum absolute atomic E-state index is 0.103. The van der Waals surface area contributed by atoms with Crippen LogP contribution < -0.4 is 10.1 Å². The van der Waals surface area contributed by atoms with Crippen LogP contribution in [0.4, 0.5) is 15.3 Å². The molecule has 120 valence electrons. The number of carbonyl (C=O) groups excluding carboxylic acids is 1. The van der Waals surface area contributed by atoms with Gasteiger partial charge < -0.3 is 25.0 Å². The van der Waals surface area contributed by atoms with E-state index in [0.717, 1.165) is 5.75 Å². The number of piperazine rings is 1. The smallest absolute Gasteiger partial charge is 0.407 e. The van der Waals surface area contributed by atoms with E-state index in [1.807, 2.05) is 13.8 Å². The summed E-state index contributed by atoms with van der Waals surface area (Å²) in [4.78, 5) is 25.9. The van der Waals surface area contributed by atoms with Gasteiger partial charge in [-0.15, -0.1) is 0 Å². The molecule has 7 nitrogen and oxygen atoms in total. The molecule has 2 N–H and O–H groups in total. The molecule has 22 heavy (non-hydrogen) atoms. The molecule has 0 radical (unpaired) electrons. The zero-order valence-electron chi connectivity index (χ0n) is 12.8. The average Bonchev–Trinajstić information content (AvgIpc) is 2.49. The van der Waals surface area contributed by atoms with Crippen molar-refractivity contribution in [1.29, 1.82) is 0 Å². The molecule has 1 saturated heterocycles. The van der Waals surface area contributed by atoms with Crippen molar-refractivity contribution in [3.8, 4) is 5.75 Å². The minimum Gasteiger partial charge on any atom is -0.491 e. The van der Waals surface area contributed by atoms with E-state index < -0.39 is 6.09 Å².